The van der Waals surface area contributed by atoms with Gasteiger partial charge in [0.15, 0.2) is 0 Å². The van der Waals surface area contributed by atoms with Gasteiger partial charge in [0.25, 0.3) is 0 Å². The van der Waals surface area contributed by atoms with E-state index in [1.54, 1.807) is 22.7 Å². The molecule has 4 heteroatoms. The van der Waals surface area contributed by atoms with E-state index in [-0.39, 0.29) is 0 Å². The highest BCUT2D eigenvalue weighted by molar-refractivity contribution is 7.21. The molecule has 0 spiro atoms. The summed E-state index contributed by atoms with van der Waals surface area (Å²) in [5, 5.41) is 6.22. The first-order valence-corrected chi connectivity index (χ1v) is 5.96. The molecule has 2 nitrogen and oxygen atoms in total. The summed E-state index contributed by atoms with van der Waals surface area (Å²) in [6, 6.07) is 4.06. The van der Waals surface area contributed by atoms with Gasteiger partial charge in [-0.05, 0) is 22.9 Å². The van der Waals surface area contributed by atoms with Gasteiger partial charge in [0.05, 0.1) is 15.1 Å². The van der Waals surface area contributed by atoms with Gasteiger partial charge in [-0.25, -0.2) is 0 Å². The van der Waals surface area contributed by atoms with E-state index in [0.717, 1.165) is 31.5 Å². The van der Waals surface area contributed by atoms with Crippen molar-refractivity contribution in [1.29, 1.82) is 0 Å². The summed E-state index contributed by atoms with van der Waals surface area (Å²) in [5.74, 6) is 0. The monoisotopic (exact) mass is 220 g/mol. The third-order valence-electron chi connectivity index (χ3n) is 2.40. The lowest BCUT2D eigenvalue weighted by molar-refractivity contribution is 1.90. The van der Waals surface area contributed by atoms with E-state index in [9.17, 15) is 0 Å². The molecule has 4 N–H and O–H groups in total. The first kappa shape index (κ1) is 8.08. The molecular weight excluding hydrogens is 212 g/mol. The lowest BCUT2D eigenvalue weighted by Crippen LogP contribution is -1.90. The van der Waals surface area contributed by atoms with E-state index in [0.29, 0.717) is 0 Å². The van der Waals surface area contributed by atoms with Crippen molar-refractivity contribution in [3.8, 4) is 0 Å². The first-order chi connectivity index (χ1) is 6.79. The van der Waals surface area contributed by atoms with Crippen molar-refractivity contribution in [2.75, 3.05) is 11.5 Å². The Hall–Kier alpha value is -1.26. The van der Waals surface area contributed by atoms with Crippen molar-refractivity contribution in [2.45, 2.75) is 0 Å². The lowest BCUT2D eigenvalue weighted by Gasteiger charge is -2.03. The van der Waals surface area contributed by atoms with Crippen LogP contribution in [0.3, 0.4) is 0 Å². The van der Waals surface area contributed by atoms with E-state index >= 15 is 0 Å². The van der Waals surface area contributed by atoms with Crippen molar-refractivity contribution in [1.82, 2.24) is 0 Å². The average Bonchev–Trinajstić information content (AvgIpc) is 2.82. The van der Waals surface area contributed by atoms with Gasteiger partial charge in [0.2, 0.25) is 0 Å². The number of anilines is 2. The van der Waals surface area contributed by atoms with Gasteiger partial charge in [-0.2, -0.15) is 0 Å². The van der Waals surface area contributed by atoms with Gasteiger partial charge in [0, 0.05) is 16.5 Å². The van der Waals surface area contributed by atoms with E-state index < -0.39 is 0 Å². The molecule has 0 aliphatic rings. The van der Waals surface area contributed by atoms with Crippen molar-refractivity contribution >= 4 is 54.2 Å². The van der Waals surface area contributed by atoms with Crippen LogP contribution in [0.1, 0.15) is 0 Å². The van der Waals surface area contributed by atoms with Gasteiger partial charge in [0.1, 0.15) is 0 Å². The zero-order chi connectivity index (χ0) is 9.71. The molecule has 0 aliphatic carbocycles. The summed E-state index contributed by atoms with van der Waals surface area (Å²) < 4.78 is 2.22. The number of nitrogen functional groups attached to an aromatic ring is 2. The predicted molar refractivity (Wildman–Crippen MR) is 66.0 cm³/mol. The Morgan fingerprint density at radius 3 is 1.79 bits per heavy atom. The van der Waals surface area contributed by atoms with Crippen LogP contribution in [0.15, 0.2) is 22.9 Å². The number of nitrogens with two attached hydrogens (primary N) is 2. The highest BCUT2D eigenvalue weighted by Gasteiger charge is 2.11. The molecule has 0 amide bonds. The van der Waals surface area contributed by atoms with E-state index in [2.05, 4.69) is 0 Å². The third-order valence-corrected chi connectivity index (χ3v) is 4.30. The Morgan fingerprint density at radius 2 is 1.29 bits per heavy atom. The largest absolute Gasteiger partial charge is 0.398 e. The number of thiophene rings is 2. The minimum absolute atomic E-state index is 0.853. The smallest absolute Gasteiger partial charge is 0.0678 e. The SMILES string of the molecule is Nc1c2ccsc2c(N)c2sccc12. The molecular formula is C10H8N2S2. The van der Waals surface area contributed by atoms with E-state index in [1.165, 1.54) is 0 Å². The number of rotatable bonds is 0. The molecule has 70 valence electrons. The molecule has 2 heterocycles. The fourth-order valence-corrected chi connectivity index (χ4v) is 3.52. The Labute approximate surface area is 88.8 Å². The molecule has 0 bridgehead atoms. The van der Waals surface area contributed by atoms with Gasteiger partial charge >= 0.3 is 0 Å². The first-order valence-electron chi connectivity index (χ1n) is 4.20. The van der Waals surface area contributed by atoms with Crippen LogP contribution in [-0.2, 0) is 0 Å². The fraction of sp³-hybridized carbons (Fsp3) is 0. The fourth-order valence-electron chi connectivity index (χ4n) is 1.71. The number of hydrogen-bond acceptors (Lipinski definition) is 4. The predicted octanol–water partition coefficient (Wildman–Crippen LogP) is 3.28. The highest BCUT2D eigenvalue weighted by atomic mass is 32.1. The van der Waals surface area contributed by atoms with Gasteiger partial charge < -0.3 is 11.5 Å². The van der Waals surface area contributed by atoms with Crippen molar-refractivity contribution in [3.63, 3.8) is 0 Å². The summed E-state index contributed by atoms with van der Waals surface area (Å²) in [6.07, 6.45) is 0. The molecule has 3 rings (SSSR count). The number of benzene rings is 1. The summed E-state index contributed by atoms with van der Waals surface area (Å²) in [7, 11) is 0. The van der Waals surface area contributed by atoms with Crippen LogP contribution in [0, 0.1) is 0 Å². The molecule has 2 aromatic heterocycles. The number of fused-ring (bicyclic) bond motifs is 2. The maximum absolute atomic E-state index is 6.08. The molecule has 1 aromatic carbocycles. The molecule has 0 fully saturated rings. The minimum Gasteiger partial charge on any atom is -0.398 e. The van der Waals surface area contributed by atoms with Crippen LogP contribution in [0.4, 0.5) is 11.4 Å². The molecule has 0 unspecified atom stereocenters. The molecule has 0 saturated carbocycles. The average molecular weight is 220 g/mol. The second-order valence-corrected chi connectivity index (χ2v) is 4.99. The van der Waals surface area contributed by atoms with Crippen molar-refractivity contribution in [3.05, 3.63) is 22.9 Å². The molecule has 0 saturated heterocycles. The van der Waals surface area contributed by atoms with Gasteiger partial charge in [-0.1, -0.05) is 0 Å². The third kappa shape index (κ3) is 0.844. The molecule has 0 atom stereocenters. The van der Waals surface area contributed by atoms with Crippen molar-refractivity contribution < 1.29 is 0 Å². The second kappa shape index (κ2) is 2.62. The van der Waals surface area contributed by atoms with Crippen LogP contribution in [0.5, 0.6) is 0 Å². The van der Waals surface area contributed by atoms with E-state index in [1.807, 2.05) is 22.9 Å². The Balaban J connectivity index is 2.72. The van der Waals surface area contributed by atoms with Crippen LogP contribution in [0.2, 0.25) is 0 Å². The van der Waals surface area contributed by atoms with Crippen LogP contribution in [0.25, 0.3) is 20.2 Å². The minimum atomic E-state index is 0.853. The topological polar surface area (TPSA) is 52.0 Å². The summed E-state index contributed by atoms with van der Waals surface area (Å²) >= 11 is 3.30. The van der Waals surface area contributed by atoms with Gasteiger partial charge in [-0.15, -0.1) is 22.7 Å². The maximum Gasteiger partial charge on any atom is 0.0678 e. The Morgan fingerprint density at radius 1 is 0.786 bits per heavy atom. The zero-order valence-electron chi connectivity index (χ0n) is 7.28. The summed E-state index contributed by atoms with van der Waals surface area (Å²) in [5.41, 5.74) is 13.9. The van der Waals surface area contributed by atoms with Crippen molar-refractivity contribution in [2.24, 2.45) is 0 Å². The standard InChI is InChI=1S/C10H8N2S2/c11-7-5-1-3-13-9(5)8(12)10-6(7)2-4-14-10/h1-4H,11-12H2. The van der Waals surface area contributed by atoms with Crippen LogP contribution < -0.4 is 11.5 Å². The second-order valence-electron chi connectivity index (χ2n) is 3.15. The highest BCUT2D eigenvalue weighted by Crippen LogP contribution is 2.41. The Kier molecular flexibility index (Phi) is 1.51. The summed E-state index contributed by atoms with van der Waals surface area (Å²) in [6.45, 7) is 0. The molecule has 0 radical (unpaired) electrons. The van der Waals surface area contributed by atoms with Crippen LogP contribution >= 0.6 is 22.7 Å². The summed E-state index contributed by atoms with van der Waals surface area (Å²) in [4.78, 5) is 0. The molecule has 14 heavy (non-hydrogen) atoms. The lowest BCUT2D eigenvalue weighted by atomic mass is 10.1. The Bertz CT molecular complexity index is 519. The molecule has 0 aliphatic heterocycles. The normalized spacial score (nSPS) is 11.4. The quantitative estimate of drug-likeness (QED) is 0.451. The van der Waals surface area contributed by atoms with Gasteiger partial charge in [-0.3, -0.25) is 0 Å². The number of hydrogen-bond donors (Lipinski definition) is 2. The van der Waals surface area contributed by atoms with E-state index in [4.69, 9.17) is 11.5 Å². The maximum atomic E-state index is 6.08. The molecule has 3 aromatic rings. The zero-order valence-corrected chi connectivity index (χ0v) is 8.91. The van der Waals surface area contributed by atoms with Crippen LogP contribution in [-0.4, -0.2) is 0 Å².